The van der Waals surface area contributed by atoms with Crippen molar-refractivity contribution in [3.63, 3.8) is 0 Å². The summed E-state index contributed by atoms with van der Waals surface area (Å²) in [5, 5.41) is 21.5. The molecule has 0 spiro atoms. The highest BCUT2D eigenvalue weighted by atomic mass is 16.5. The van der Waals surface area contributed by atoms with Crippen LogP contribution in [0, 0.1) is 0 Å². The second-order valence-corrected chi connectivity index (χ2v) is 5.16. The summed E-state index contributed by atoms with van der Waals surface area (Å²) in [7, 11) is 1.44. The number of carboxylic acid groups (broad SMARTS) is 1. The van der Waals surface area contributed by atoms with Crippen LogP contribution in [-0.4, -0.2) is 23.2 Å². The first kappa shape index (κ1) is 15.6. The number of hydrogen-bond acceptors (Lipinski definition) is 4. The second kappa shape index (κ2) is 6.42. The number of rotatable bonds is 4. The van der Waals surface area contributed by atoms with Crippen LogP contribution in [0.15, 0.2) is 48.5 Å². The third-order valence-corrected chi connectivity index (χ3v) is 3.60. The molecule has 0 bridgehead atoms. The van der Waals surface area contributed by atoms with Gasteiger partial charge in [0.25, 0.3) is 0 Å². The molecule has 3 aromatic rings. The molecule has 0 aliphatic rings. The van der Waals surface area contributed by atoms with Crippen molar-refractivity contribution in [3.05, 3.63) is 65.4 Å². The van der Waals surface area contributed by atoms with E-state index < -0.39 is 5.97 Å². The molecule has 5 nitrogen and oxygen atoms in total. The Hall–Kier alpha value is -3.34. The summed E-state index contributed by atoms with van der Waals surface area (Å²) in [6.07, 6.45) is 3.46. The van der Waals surface area contributed by atoms with Gasteiger partial charge in [0.1, 0.15) is 5.75 Å². The molecular formula is C19H14NO4-. The number of aromatic carboxylic acids is 1. The van der Waals surface area contributed by atoms with E-state index in [1.807, 2.05) is 6.07 Å². The average Bonchev–Trinajstić information content (AvgIpc) is 2.60. The Labute approximate surface area is 138 Å². The maximum atomic E-state index is 11.5. The summed E-state index contributed by atoms with van der Waals surface area (Å²) in [4.78, 5) is 15.9. The minimum atomic E-state index is -0.999. The molecule has 0 unspecified atom stereocenters. The van der Waals surface area contributed by atoms with Crippen LogP contribution in [0.4, 0.5) is 0 Å². The molecule has 2 aromatic carbocycles. The van der Waals surface area contributed by atoms with E-state index in [2.05, 4.69) is 4.98 Å². The number of carbonyl (C=O) groups is 1. The van der Waals surface area contributed by atoms with Gasteiger partial charge in [-0.3, -0.25) is 0 Å². The molecule has 24 heavy (non-hydrogen) atoms. The monoisotopic (exact) mass is 320 g/mol. The fourth-order valence-electron chi connectivity index (χ4n) is 2.43. The number of ether oxygens (including phenoxy) is 1. The Kier molecular flexibility index (Phi) is 4.16. The van der Waals surface area contributed by atoms with Crippen molar-refractivity contribution in [2.24, 2.45) is 0 Å². The number of aromatic nitrogens is 1. The molecule has 3 rings (SSSR count). The minimum absolute atomic E-state index is 0.188. The number of benzene rings is 2. The van der Waals surface area contributed by atoms with Crippen molar-refractivity contribution >= 4 is 29.0 Å². The smallest absolute Gasteiger partial charge is 0.336 e. The van der Waals surface area contributed by atoms with Gasteiger partial charge in [-0.25, -0.2) is 9.78 Å². The van der Waals surface area contributed by atoms with Gasteiger partial charge in [0, 0.05) is 5.39 Å². The van der Waals surface area contributed by atoms with Crippen LogP contribution in [0.5, 0.6) is 11.5 Å². The molecular weight excluding hydrogens is 306 g/mol. The summed E-state index contributed by atoms with van der Waals surface area (Å²) in [6, 6.07) is 13.3. The average molecular weight is 320 g/mol. The number of pyridine rings is 1. The lowest BCUT2D eigenvalue weighted by atomic mass is 10.1. The Morgan fingerprint density at radius 1 is 1.17 bits per heavy atom. The molecule has 120 valence electrons. The number of nitrogens with zero attached hydrogens (tertiary/aromatic N) is 1. The molecule has 1 N–H and O–H groups in total. The number of methoxy groups -OCH3 is 1. The van der Waals surface area contributed by atoms with E-state index >= 15 is 0 Å². The molecule has 0 atom stereocenters. The van der Waals surface area contributed by atoms with Crippen LogP contribution < -0.4 is 9.84 Å². The van der Waals surface area contributed by atoms with Gasteiger partial charge in [0.2, 0.25) is 0 Å². The molecule has 0 saturated heterocycles. The van der Waals surface area contributed by atoms with E-state index in [4.69, 9.17) is 4.74 Å². The molecule has 1 aromatic heterocycles. The molecule has 0 aliphatic heterocycles. The first-order valence-electron chi connectivity index (χ1n) is 7.24. The zero-order valence-electron chi connectivity index (χ0n) is 12.9. The Morgan fingerprint density at radius 3 is 2.71 bits per heavy atom. The zero-order chi connectivity index (χ0) is 17.1. The van der Waals surface area contributed by atoms with Gasteiger partial charge in [0.15, 0.2) is 0 Å². The molecule has 0 amide bonds. The van der Waals surface area contributed by atoms with E-state index in [1.165, 1.54) is 19.2 Å². The van der Waals surface area contributed by atoms with Crippen molar-refractivity contribution in [1.82, 2.24) is 4.98 Å². The van der Waals surface area contributed by atoms with Crippen LogP contribution in [0.3, 0.4) is 0 Å². The predicted molar refractivity (Wildman–Crippen MR) is 90.1 cm³/mol. The molecule has 1 heterocycles. The summed E-state index contributed by atoms with van der Waals surface area (Å²) in [5.74, 6) is -0.929. The predicted octanol–water partition coefficient (Wildman–Crippen LogP) is 3.19. The lowest BCUT2D eigenvalue weighted by Gasteiger charge is -2.12. The topological polar surface area (TPSA) is 82.5 Å². The Bertz CT molecular complexity index is 947. The third kappa shape index (κ3) is 3.05. The normalized spacial score (nSPS) is 11.0. The van der Waals surface area contributed by atoms with E-state index in [0.29, 0.717) is 16.6 Å². The fraction of sp³-hybridized carbons (Fsp3) is 0.0526. The largest absolute Gasteiger partial charge is 0.870 e. The van der Waals surface area contributed by atoms with Gasteiger partial charge in [-0.05, 0) is 29.8 Å². The van der Waals surface area contributed by atoms with Gasteiger partial charge in [-0.2, -0.15) is 0 Å². The van der Waals surface area contributed by atoms with Crippen molar-refractivity contribution in [2.45, 2.75) is 0 Å². The minimum Gasteiger partial charge on any atom is -0.870 e. The van der Waals surface area contributed by atoms with Crippen molar-refractivity contribution < 1.29 is 19.7 Å². The summed E-state index contributed by atoms with van der Waals surface area (Å²) >= 11 is 0. The van der Waals surface area contributed by atoms with E-state index in [1.54, 1.807) is 42.5 Å². The highest BCUT2D eigenvalue weighted by molar-refractivity contribution is 6.03. The lowest BCUT2D eigenvalue weighted by Crippen LogP contribution is -2.00. The van der Waals surface area contributed by atoms with Crippen LogP contribution in [0.25, 0.3) is 23.1 Å². The van der Waals surface area contributed by atoms with Crippen LogP contribution in [-0.2, 0) is 0 Å². The van der Waals surface area contributed by atoms with Gasteiger partial charge in [0.05, 0.1) is 23.9 Å². The molecule has 0 aliphatic carbocycles. The number of hydrogen-bond donors (Lipinski definition) is 1. The van der Waals surface area contributed by atoms with E-state index in [-0.39, 0.29) is 17.1 Å². The molecule has 0 saturated carbocycles. The number of carboxylic acids is 1. The first-order valence-corrected chi connectivity index (χ1v) is 7.24. The van der Waals surface area contributed by atoms with Crippen molar-refractivity contribution in [3.8, 4) is 11.5 Å². The number of para-hydroxylation sites is 1. The summed E-state index contributed by atoms with van der Waals surface area (Å²) in [6.45, 7) is 0. The van der Waals surface area contributed by atoms with Gasteiger partial charge in [-0.1, -0.05) is 42.2 Å². The first-order chi connectivity index (χ1) is 11.6. The van der Waals surface area contributed by atoms with Gasteiger partial charge in [-0.15, -0.1) is 0 Å². The van der Waals surface area contributed by atoms with Crippen molar-refractivity contribution in [2.75, 3.05) is 7.11 Å². The molecule has 5 heteroatoms. The highest BCUT2D eigenvalue weighted by Gasteiger charge is 2.10. The fourth-order valence-corrected chi connectivity index (χ4v) is 2.43. The van der Waals surface area contributed by atoms with E-state index in [0.717, 1.165) is 5.56 Å². The Morgan fingerprint density at radius 2 is 1.96 bits per heavy atom. The summed E-state index contributed by atoms with van der Waals surface area (Å²) in [5.41, 5.74) is 2.10. The summed E-state index contributed by atoms with van der Waals surface area (Å²) < 4.78 is 5.01. The standard InChI is InChI=1S/C19H15NO4/c1-24-18-10-12(7-9-17(18)21)6-8-13-11-15(19(22)23)14-4-2-3-5-16(14)20-13/h2-11,21H,1H3,(H,22,23)/p-1/b8-6+. The SMILES string of the molecule is COc1cc(/C=C/c2cc(C(=O)O)c3ccccc3n2)ccc1[O-]. The Balaban J connectivity index is 2.02. The van der Waals surface area contributed by atoms with Crippen LogP contribution in [0.1, 0.15) is 21.6 Å². The van der Waals surface area contributed by atoms with E-state index in [9.17, 15) is 15.0 Å². The van der Waals surface area contributed by atoms with Crippen LogP contribution in [0.2, 0.25) is 0 Å². The maximum absolute atomic E-state index is 11.5. The lowest BCUT2D eigenvalue weighted by molar-refractivity contribution is -0.270. The zero-order valence-corrected chi connectivity index (χ0v) is 12.9. The maximum Gasteiger partial charge on any atom is 0.336 e. The second-order valence-electron chi connectivity index (χ2n) is 5.16. The molecule has 0 fully saturated rings. The van der Waals surface area contributed by atoms with Crippen molar-refractivity contribution in [1.29, 1.82) is 0 Å². The molecule has 0 radical (unpaired) electrons. The van der Waals surface area contributed by atoms with Crippen LogP contribution >= 0.6 is 0 Å². The van der Waals surface area contributed by atoms with Gasteiger partial charge >= 0.3 is 5.97 Å². The quantitative estimate of drug-likeness (QED) is 0.798. The highest BCUT2D eigenvalue weighted by Crippen LogP contribution is 2.25. The number of fused-ring (bicyclic) bond motifs is 1. The van der Waals surface area contributed by atoms with Gasteiger partial charge < -0.3 is 14.9 Å². The third-order valence-electron chi connectivity index (χ3n) is 3.60.